The summed E-state index contributed by atoms with van der Waals surface area (Å²) in [7, 11) is 0. The van der Waals surface area contributed by atoms with Gasteiger partial charge in [0.25, 0.3) is 5.91 Å². The molecule has 0 unspecified atom stereocenters. The molecule has 4 rings (SSSR count). The molecule has 0 fully saturated rings. The molecule has 5 heteroatoms. The molecule has 0 aliphatic carbocycles. The number of amides is 1. The maximum atomic E-state index is 12.3. The number of aromatic nitrogens is 1. The van der Waals surface area contributed by atoms with E-state index in [9.17, 15) is 4.79 Å². The fourth-order valence-electron chi connectivity index (χ4n) is 3.16. The molecular formula is C23H18ClN3O. The predicted molar refractivity (Wildman–Crippen MR) is 114 cm³/mol. The highest BCUT2D eigenvalue weighted by Crippen LogP contribution is 2.21. The lowest BCUT2D eigenvalue weighted by Crippen LogP contribution is -2.17. The van der Waals surface area contributed by atoms with E-state index in [1.165, 1.54) is 5.56 Å². The predicted octanol–water partition coefficient (Wildman–Crippen LogP) is 5.11. The second kappa shape index (κ2) is 8.11. The van der Waals surface area contributed by atoms with E-state index in [1.807, 2.05) is 42.6 Å². The van der Waals surface area contributed by atoms with E-state index in [-0.39, 0.29) is 5.91 Å². The monoisotopic (exact) mass is 387 g/mol. The minimum absolute atomic E-state index is 0.338. The van der Waals surface area contributed by atoms with E-state index in [1.54, 1.807) is 30.5 Å². The average molecular weight is 388 g/mol. The molecule has 0 aliphatic rings. The SMILES string of the molecule is O=C(NN=Cc1cn(Cc2ccccc2)c2ccccc12)c1ccccc1Cl. The molecule has 0 saturated carbocycles. The summed E-state index contributed by atoms with van der Waals surface area (Å²) < 4.78 is 2.18. The number of carbonyl (C=O) groups is 1. The molecule has 1 N–H and O–H groups in total. The average Bonchev–Trinajstić information content (AvgIpc) is 3.07. The van der Waals surface area contributed by atoms with E-state index < -0.39 is 0 Å². The third-order valence-corrected chi connectivity index (χ3v) is 4.83. The van der Waals surface area contributed by atoms with E-state index in [0.29, 0.717) is 10.6 Å². The quantitative estimate of drug-likeness (QED) is 0.375. The van der Waals surface area contributed by atoms with Crippen molar-refractivity contribution in [3.63, 3.8) is 0 Å². The number of halogens is 1. The van der Waals surface area contributed by atoms with Crippen LogP contribution in [-0.4, -0.2) is 16.7 Å². The Morgan fingerprint density at radius 1 is 0.964 bits per heavy atom. The van der Waals surface area contributed by atoms with Crippen molar-refractivity contribution in [2.45, 2.75) is 6.54 Å². The van der Waals surface area contributed by atoms with Crippen molar-refractivity contribution in [3.8, 4) is 0 Å². The molecule has 0 radical (unpaired) electrons. The Morgan fingerprint density at radius 2 is 1.68 bits per heavy atom. The summed E-state index contributed by atoms with van der Waals surface area (Å²) in [5.41, 5.74) is 6.22. The van der Waals surface area contributed by atoms with Gasteiger partial charge in [-0.05, 0) is 23.8 Å². The van der Waals surface area contributed by atoms with Gasteiger partial charge in [0, 0.05) is 29.2 Å². The van der Waals surface area contributed by atoms with Crippen molar-refractivity contribution in [1.82, 2.24) is 9.99 Å². The summed E-state index contributed by atoms with van der Waals surface area (Å²) in [5, 5.41) is 5.61. The smallest absolute Gasteiger partial charge is 0.272 e. The molecule has 1 heterocycles. The lowest BCUT2D eigenvalue weighted by atomic mass is 10.2. The van der Waals surface area contributed by atoms with Crippen LogP contribution < -0.4 is 5.43 Å². The Hall–Kier alpha value is -3.37. The fraction of sp³-hybridized carbons (Fsp3) is 0.0435. The number of nitrogens with zero attached hydrogens (tertiary/aromatic N) is 2. The minimum atomic E-state index is -0.338. The second-order valence-corrected chi connectivity index (χ2v) is 6.80. The van der Waals surface area contributed by atoms with Gasteiger partial charge in [-0.2, -0.15) is 5.10 Å². The standard InChI is InChI=1S/C23H18ClN3O/c24-21-12-6-4-11-20(21)23(28)26-25-14-18-16-27(15-17-8-2-1-3-9-17)22-13-7-5-10-19(18)22/h1-14,16H,15H2,(H,26,28). The first kappa shape index (κ1) is 18.0. The van der Waals surface area contributed by atoms with Crippen LogP contribution in [0.3, 0.4) is 0 Å². The zero-order chi connectivity index (χ0) is 19.3. The molecule has 1 aromatic heterocycles. The van der Waals surface area contributed by atoms with Crippen LogP contribution in [-0.2, 0) is 6.54 Å². The third-order valence-electron chi connectivity index (χ3n) is 4.50. The highest BCUT2D eigenvalue weighted by atomic mass is 35.5. The number of hydrazone groups is 1. The van der Waals surface area contributed by atoms with Gasteiger partial charge in [-0.1, -0.05) is 72.3 Å². The number of hydrogen-bond donors (Lipinski definition) is 1. The molecule has 1 amide bonds. The molecule has 3 aromatic carbocycles. The Kier molecular flexibility index (Phi) is 5.22. The maximum absolute atomic E-state index is 12.3. The van der Waals surface area contributed by atoms with Crippen LogP contribution in [0.4, 0.5) is 0 Å². The molecule has 0 saturated heterocycles. The zero-order valence-electron chi connectivity index (χ0n) is 15.0. The van der Waals surface area contributed by atoms with Gasteiger partial charge >= 0.3 is 0 Å². The third kappa shape index (κ3) is 3.82. The first-order chi connectivity index (χ1) is 13.7. The largest absolute Gasteiger partial charge is 0.342 e. The van der Waals surface area contributed by atoms with Gasteiger partial charge in [-0.25, -0.2) is 5.43 Å². The van der Waals surface area contributed by atoms with Gasteiger partial charge in [0.2, 0.25) is 0 Å². The van der Waals surface area contributed by atoms with Crippen molar-refractivity contribution in [3.05, 3.63) is 107 Å². The Balaban J connectivity index is 1.58. The molecule has 0 bridgehead atoms. The van der Waals surface area contributed by atoms with E-state index in [2.05, 4.69) is 33.3 Å². The van der Waals surface area contributed by atoms with Crippen LogP contribution in [0.5, 0.6) is 0 Å². The van der Waals surface area contributed by atoms with Crippen molar-refractivity contribution in [2.75, 3.05) is 0 Å². The Morgan fingerprint density at radius 3 is 2.50 bits per heavy atom. The van der Waals surface area contributed by atoms with Crippen molar-refractivity contribution >= 4 is 34.6 Å². The van der Waals surface area contributed by atoms with Crippen LogP contribution in [0, 0.1) is 0 Å². The van der Waals surface area contributed by atoms with E-state index in [0.717, 1.165) is 23.0 Å². The van der Waals surface area contributed by atoms with Crippen LogP contribution in [0.15, 0.2) is 90.2 Å². The van der Waals surface area contributed by atoms with Crippen LogP contribution >= 0.6 is 11.6 Å². The van der Waals surface area contributed by atoms with Gasteiger partial charge in [0.1, 0.15) is 0 Å². The lowest BCUT2D eigenvalue weighted by molar-refractivity contribution is 0.0955. The lowest BCUT2D eigenvalue weighted by Gasteiger charge is -2.05. The molecule has 4 nitrogen and oxygen atoms in total. The fourth-order valence-corrected chi connectivity index (χ4v) is 3.38. The van der Waals surface area contributed by atoms with Gasteiger partial charge in [0.05, 0.1) is 16.8 Å². The molecule has 138 valence electrons. The number of para-hydroxylation sites is 1. The highest BCUT2D eigenvalue weighted by molar-refractivity contribution is 6.33. The Labute approximate surface area is 168 Å². The van der Waals surface area contributed by atoms with Gasteiger partial charge < -0.3 is 4.57 Å². The van der Waals surface area contributed by atoms with Gasteiger partial charge in [0.15, 0.2) is 0 Å². The molecule has 0 atom stereocenters. The summed E-state index contributed by atoms with van der Waals surface area (Å²) in [6.07, 6.45) is 3.71. The molecule has 4 aromatic rings. The molecular weight excluding hydrogens is 370 g/mol. The number of carbonyl (C=O) groups excluding carboxylic acids is 1. The Bertz CT molecular complexity index is 1150. The van der Waals surface area contributed by atoms with E-state index in [4.69, 9.17) is 11.6 Å². The molecule has 28 heavy (non-hydrogen) atoms. The van der Waals surface area contributed by atoms with Crippen molar-refractivity contribution in [1.29, 1.82) is 0 Å². The number of nitrogens with one attached hydrogen (secondary N) is 1. The summed E-state index contributed by atoms with van der Waals surface area (Å²) in [6.45, 7) is 0.765. The van der Waals surface area contributed by atoms with E-state index >= 15 is 0 Å². The first-order valence-electron chi connectivity index (χ1n) is 8.92. The second-order valence-electron chi connectivity index (χ2n) is 6.39. The molecule has 0 aliphatic heterocycles. The number of benzene rings is 3. The summed E-state index contributed by atoms with van der Waals surface area (Å²) in [6, 6.07) is 25.3. The van der Waals surface area contributed by atoms with Crippen LogP contribution in [0.25, 0.3) is 10.9 Å². The van der Waals surface area contributed by atoms with Crippen molar-refractivity contribution < 1.29 is 4.79 Å². The summed E-state index contributed by atoms with van der Waals surface area (Å²) >= 11 is 6.06. The summed E-state index contributed by atoms with van der Waals surface area (Å²) in [4.78, 5) is 12.3. The number of hydrogen-bond acceptors (Lipinski definition) is 2. The molecule has 0 spiro atoms. The maximum Gasteiger partial charge on any atom is 0.272 e. The minimum Gasteiger partial charge on any atom is -0.342 e. The van der Waals surface area contributed by atoms with Crippen molar-refractivity contribution in [2.24, 2.45) is 5.10 Å². The first-order valence-corrected chi connectivity index (χ1v) is 9.30. The topological polar surface area (TPSA) is 46.4 Å². The van der Waals surface area contributed by atoms with Crippen LogP contribution in [0.1, 0.15) is 21.5 Å². The van der Waals surface area contributed by atoms with Gasteiger partial charge in [-0.3, -0.25) is 4.79 Å². The summed E-state index contributed by atoms with van der Waals surface area (Å²) in [5.74, 6) is -0.338. The van der Waals surface area contributed by atoms with Gasteiger partial charge in [-0.15, -0.1) is 0 Å². The normalized spacial score (nSPS) is 11.2. The number of fused-ring (bicyclic) bond motifs is 1. The zero-order valence-corrected chi connectivity index (χ0v) is 15.8. The number of rotatable bonds is 5. The van der Waals surface area contributed by atoms with Crippen LogP contribution in [0.2, 0.25) is 5.02 Å². The highest BCUT2D eigenvalue weighted by Gasteiger charge is 2.09.